The van der Waals surface area contributed by atoms with Gasteiger partial charge in [0.1, 0.15) is 17.6 Å². The Balaban J connectivity index is 1.93. The maximum Gasteiger partial charge on any atom is 0.248 e. The van der Waals surface area contributed by atoms with Gasteiger partial charge in [0.15, 0.2) is 5.65 Å². The Hall–Kier alpha value is -2.47. The first kappa shape index (κ1) is 10.7. The number of fused-ring (bicyclic) bond motifs is 1. The van der Waals surface area contributed by atoms with Crippen LogP contribution in [0.25, 0.3) is 11.2 Å². The molecule has 2 heterocycles. The average Bonchev–Trinajstić information content (AvgIpc) is 2.89. The van der Waals surface area contributed by atoms with E-state index < -0.39 is 0 Å². The van der Waals surface area contributed by atoms with Crippen LogP contribution >= 0.6 is 0 Å². The number of hydrogen-bond acceptors (Lipinski definition) is 5. The first-order valence-electron chi connectivity index (χ1n) is 5.48. The fraction of sp³-hybridized carbons (Fsp3) is 0.0833. The third kappa shape index (κ3) is 1.89. The smallest absolute Gasteiger partial charge is 0.248 e. The minimum atomic E-state index is 0.456. The Kier molecular flexibility index (Phi) is 2.62. The van der Waals surface area contributed by atoms with Gasteiger partial charge in [-0.1, -0.05) is 12.1 Å². The molecule has 0 aliphatic heterocycles. The lowest BCUT2D eigenvalue weighted by atomic mass is 10.2. The van der Waals surface area contributed by atoms with Crippen molar-refractivity contribution in [3.8, 4) is 11.6 Å². The SMILES string of the molecule is NCc1ccc(Oc2ncnc3nc[nH]c23)cc1. The molecule has 1 aromatic carbocycles. The van der Waals surface area contributed by atoms with Crippen molar-refractivity contribution < 1.29 is 4.74 Å². The van der Waals surface area contributed by atoms with E-state index in [1.807, 2.05) is 24.3 Å². The molecule has 3 aromatic rings. The fourth-order valence-electron chi connectivity index (χ4n) is 1.63. The maximum absolute atomic E-state index is 5.69. The molecule has 18 heavy (non-hydrogen) atoms. The van der Waals surface area contributed by atoms with Crippen LogP contribution in [0.1, 0.15) is 5.56 Å². The van der Waals surface area contributed by atoms with Gasteiger partial charge < -0.3 is 15.5 Å². The zero-order chi connectivity index (χ0) is 12.4. The summed E-state index contributed by atoms with van der Waals surface area (Å²) in [4.78, 5) is 15.1. The second-order valence-corrected chi connectivity index (χ2v) is 3.73. The van der Waals surface area contributed by atoms with Crippen LogP contribution in [0.5, 0.6) is 11.6 Å². The standard InChI is InChI=1S/C12H11N5O/c13-5-8-1-3-9(4-2-8)18-12-10-11(15-6-14-10)16-7-17-12/h1-4,6-7H,5,13H2,(H,14,15,16,17). The zero-order valence-corrected chi connectivity index (χ0v) is 9.50. The number of aromatic amines is 1. The van der Waals surface area contributed by atoms with Gasteiger partial charge in [-0.15, -0.1) is 0 Å². The molecule has 3 N–H and O–H groups in total. The monoisotopic (exact) mass is 241 g/mol. The molecule has 2 aromatic heterocycles. The number of nitrogens with one attached hydrogen (secondary N) is 1. The summed E-state index contributed by atoms with van der Waals surface area (Å²) in [6.45, 7) is 0.512. The first-order chi connectivity index (χ1) is 8.86. The average molecular weight is 241 g/mol. The van der Waals surface area contributed by atoms with Crippen LogP contribution in [-0.2, 0) is 6.54 Å². The van der Waals surface area contributed by atoms with E-state index >= 15 is 0 Å². The number of rotatable bonds is 3. The highest BCUT2D eigenvalue weighted by Crippen LogP contribution is 2.24. The van der Waals surface area contributed by atoms with Gasteiger partial charge in [0, 0.05) is 6.54 Å². The Morgan fingerprint density at radius 1 is 1.11 bits per heavy atom. The molecule has 0 aliphatic rings. The van der Waals surface area contributed by atoms with Crippen molar-refractivity contribution in [2.75, 3.05) is 0 Å². The molecule has 0 bridgehead atoms. The second kappa shape index (κ2) is 4.42. The van der Waals surface area contributed by atoms with Crippen molar-refractivity contribution in [3.05, 3.63) is 42.5 Å². The molecule has 0 spiro atoms. The van der Waals surface area contributed by atoms with Gasteiger partial charge in [-0.3, -0.25) is 0 Å². The molecule has 0 saturated carbocycles. The van der Waals surface area contributed by atoms with Crippen LogP contribution in [0.3, 0.4) is 0 Å². The van der Waals surface area contributed by atoms with E-state index in [-0.39, 0.29) is 0 Å². The van der Waals surface area contributed by atoms with Crippen molar-refractivity contribution in [3.63, 3.8) is 0 Å². The highest BCUT2D eigenvalue weighted by Gasteiger charge is 2.07. The topological polar surface area (TPSA) is 89.7 Å². The summed E-state index contributed by atoms with van der Waals surface area (Å²) in [7, 11) is 0. The first-order valence-corrected chi connectivity index (χ1v) is 5.48. The summed E-state index contributed by atoms with van der Waals surface area (Å²) in [5.41, 5.74) is 7.85. The molecule has 6 nitrogen and oxygen atoms in total. The summed E-state index contributed by atoms with van der Waals surface area (Å²) in [6, 6.07) is 7.54. The van der Waals surface area contributed by atoms with E-state index in [0.29, 0.717) is 29.3 Å². The predicted molar refractivity (Wildman–Crippen MR) is 66.1 cm³/mol. The van der Waals surface area contributed by atoms with Gasteiger partial charge in [-0.2, -0.15) is 4.98 Å². The molecular formula is C12H11N5O. The van der Waals surface area contributed by atoms with Gasteiger partial charge in [0.2, 0.25) is 5.88 Å². The van der Waals surface area contributed by atoms with Crippen LogP contribution in [0.15, 0.2) is 36.9 Å². The molecule has 0 radical (unpaired) electrons. The quantitative estimate of drug-likeness (QED) is 0.727. The van der Waals surface area contributed by atoms with Crippen LogP contribution in [0.2, 0.25) is 0 Å². The van der Waals surface area contributed by atoms with Gasteiger partial charge >= 0.3 is 0 Å². The van der Waals surface area contributed by atoms with Crippen LogP contribution in [0, 0.1) is 0 Å². The second-order valence-electron chi connectivity index (χ2n) is 3.73. The number of benzene rings is 1. The molecule has 90 valence electrons. The van der Waals surface area contributed by atoms with Crippen molar-refractivity contribution in [1.29, 1.82) is 0 Å². The van der Waals surface area contributed by atoms with Gasteiger partial charge in [0.05, 0.1) is 6.33 Å². The van der Waals surface area contributed by atoms with Crippen molar-refractivity contribution in [2.24, 2.45) is 5.73 Å². The summed E-state index contributed by atoms with van der Waals surface area (Å²) in [5, 5.41) is 0. The number of H-pyrrole nitrogens is 1. The molecule has 0 amide bonds. The number of nitrogens with two attached hydrogens (primary N) is 1. The molecule has 6 heteroatoms. The number of ether oxygens (including phenoxy) is 1. The lowest BCUT2D eigenvalue weighted by molar-refractivity contribution is 0.467. The highest BCUT2D eigenvalue weighted by atomic mass is 16.5. The predicted octanol–water partition coefficient (Wildman–Crippen LogP) is 1.60. The summed E-state index contributed by atoms with van der Waals surface area (Å²) in [5.74, 6) is 1.15. The largest absolute Gasteiger partial charge is 0.437 e. The third-order valence-corrected chi connectivity index (χ3v) is 2.56. The van der Waals surface area contributed by atoms with E-state index in [1.165, 1.54) is 6.33 Å². The Morgan fingerprint density at radius 3 is 2.72 bits per heavy atom. The molecule has 0 saturated heterocycles. The molecule has 0 atom stereocenters. The van der Waals surface area contributed by atoms with Gasteiger partial charge in [-0.05, 0) is 17.7 Å². The van der Waals surface area contributed by atoms with Crippen LogP contribution < -0.4 is 10.5 Å². The molecule has 0 aliphatic carbocycles. The van der Waals surface area contributed by atoms with E-state index in [4.69, 9.17) is 10.5 Å². The number of nitrogens with zero attached hydrogens (tertiary/aromatic N) is 3. The number of hydrogen-bond donors (Lipinski definition) is 2. The minimum absolute atomic E-state index is 0.456. The van der Waals surface area contributed by atoms with Crippen molar-refractivity contribution in [1.82, 2.24) is 19.9 Å². The Labute approximate surface area is 103 Å². The van der Waals surface area contributed by atoms with Crippen molar-refractivity contribution >= 4 is 11.2 Å². The van der Waals surface area contributed by atoms with Crippen LogP contribution in [0.4, 0.5) is 0 Å². The van der Waals surface area contributed by atoms with Gasteiger partial charge in [-0.25, -0.2) is 9.97 Å². The molecular weight excluding hydrogens is 230 g/mol. The van der Waals surface area contributed by atoms with Gasteiger partial charge in [0.25, 0.3) is 0 Å². The molecule has 3 rings (SSSR count). The van der Waals surface area contributed by atoms with E-state index in [9.17, 15) is 0 Å². The summed E-state index contributed by atoms with van der Waals surface area (Å²) in [6.07, 6.45) is 2.98. The van der Waals surface area contributed by atoms with E-state index in [1.54, 1.807) is 6.33 Å². The molecule has 0 unspecified atom stereocenters. The van der Waals surface area contributed by atoms with E-state index in [0.717, 1.165) is 5.56 Å². The van der Waals surface area contributed by atoms with Crippen molar-refractivity contribution in [2.45, 2.75) is 6.54 Å². The number of aromatic nitrogens is 4. The zero-order valence-electron chi connectivity index (χ0n) is 9.50. The maximum atomic E-state index is 5.69. The lowest BCUT2D eigenvalue weighted by Gasteiger charge is -2.05. The highest BCUT2D eigenvalue weighted by molar-refractivity contribution is 5.75. The third-order valence-electron chi connectivity index (χ3n) is 2.56. The normalized spacial score (nSPS) is 10.7. The summed E-state index contributed by atoms with van der Waals surface area (Å²) >= 11 is 0. The minimum Gasteiger partial charge on any atom is -0.437 e. The lowest BCUT2D eigenvalue weighted by Crippen LogP contribution is -1.96. The van der Waals surface area contributed by atoms with E-state index in [2.05, 4.69) is 19.9 Å². The Morgan fingerprint density at radius 2 is 1.94 bits per heavy atom. The molecule has 0 fully saturated rings. The van der Waals surface area contributed by atoms with Crippen LogP contribution in [-0.4, -0.2) is 19.9 Å². The Bertz CT molecular complexity index is 662. The fourth-order valence-corrected chi connectivity index (χ4v) is 1.63. The summed E-state index contributed by atoms with van der Waals surface area (Å²) < 4.78 is 5.69. The number of imidazole rings is 1.